The lowest BCUT2D eigenvalue weighted by Crippen LogP contribution is -2.42. The predicted molar refractivity (Wildman–Crippen MR) is 45.6 cm³/mol. The molecule has 2 fully saturated rings. The summed E-state index contributed by atoms with van der Waals surface area (Å²) in [5, 5.41) is 9.97. The molecule has 0 aromatic carbocycles. The fourth-order valence-corrected chi connectivity index (χ4v) is 4.08. The molecule has 1 atom stereocenters. The molecule has 1 aliphatic heterocycles. The molecule has 1 N–H and O–H groups in total. The van der Waals surface area contributed by atoms with E-state index >= 15 is 0 Å². The molecule has 4 heteroatoms. The van der Waals surface area contributed by atoms with Crippen molar-refractivity contribution in [1.82, 2.24) is 0 Å². The predicted octanol–water partition coefficient (Wildman–Crippen LogP) is 0.336. The van der Waals surface area contributed by atoms with Gasteiger partial charge in [-0.3, -0.25) is 0 Å². The van der Waals surface area contributed by atoms with E-state index in [9.17, 15) is 13.5 Å². The third-order valence-corrected chi connectivity index (χ3v) is 4.95. The van der Waals surface area contributed by atoms with Crippen LogP contribution in [0.25, 0.3) is 0 Å². The third kappa shape index (κ3) is 1.27. The molecule has 2 aliphatic rings. The average molecular weight is 190 g/mol. The molecule has 1 aliphatic carbocycles. The Morgan fingerprint density at radius 2 is 2.00 bits per heavy atom. The fourth-order valence-electron chi connectivity index (χ4n) is 2.12. The average Bonchev–Trinajstić information content (AvgIpc) is 2.01. The highest BCUT2D eigenvalue weighted by molar-refractivity contribution is 7.91. The molecule has 0 radical (unpaired) electrons. The van der Waals surface area contributed by atoms with Crippen LogP contribution in [0.2, 0.25) is 0 Å². The first-order chi connectivity index (χ1) is 5.52. The first-order valence-corrected chi connectivity index (χ1v) is 6.27. The summed E-state index contributed by atoms with van der Waals surface area (Å²) in [6.45, 7) is 0. The maximum Gasteiger partial charge on any atom is 0.153 e. The first-order valence-electron chi connectivity index (χ1n) is 4.45. The molecule has 2 rings (SSSR count). The second kappa shape index (κ2) is 2.45. The van der Waals surface area contributed by atoms with E-state index in [4.69, 9.17) is 0 Å². The molecule has 0 aromatic heterocycles. The van der Waals surface area contributed by atoms with Gasteiger partial charge < -0.3 is 5.11 Å². The largest absolute Gasteiger partial charge is 0.389 e. The van der Waals surface area contributed by atoms with Gasteiger partial charge in [0.05, 0.1) is 17.1 Å². The molecule has 3 nitrogen and oxygen atoms in total. The van der Waals surface area contributed by atoms with E-state index in [0.29, 0.717) is 6.42 Å². The van der Waals surface area contributed by atoms with Gasteiger partial charge in [-0.15, -0.1) is 0 Å². The molecule has 0 amide bonds. The monoisotopic (exact) mass is 190 g/mol. The Morgan fingerprint density at radius 1 is 1.33 bits per heavy atom. The van der Waals surface area contributed by atoms with Crippen molar-refractivity contribution in [3.8, 4) is 0 Å². The van der Waals surface area contributed by atoms with E-state index in [0.717, 1.165) is 19.3 Å². The fraction of sp³-hybridized carbons (Fsp3) is 1.00. The zero-order valence-corrected chi connectivity index (χ0v) is 7.81. The number of hydrogen-bond donors (Lipinski definition) is 1. The molecular formula is C8H14O3S. The maximum atomic E-state index is 11.1. The quantitative estimate of drug-likeness (QED) is 0.648. The minimum atomic E-state index is -2.93. The lowest BCUT2D eigenvalue weighted by atomic mass is 9.73. The lowest BCUT2D eigenvalue weighted by Gasteiger charge is -2.37. The van der Waals surface area contributed by atoms with E-state index in [1.165, 1.54) is 0 Å². The van der Waals surface area contributed by atoms with Crippen molar-refractivity contribution in [3.63, 3.8) is 0 Å². The van der Waals surface area contributed by atoms with Crippen molar-refractivity contribution in [2.24, 2.45) is 5.92 Å². The molecular weight excluding hydrogens is 176 g/mol. The molecule has 0 aromatic rings. The van der Waals surface area contributed by atoms with Gasteiger partial charge in [0.25, 0.3) is 0 Å². The first kappa shape index (κ1) is 8.51. The van der Waals surface area contributed by atoms with Gasteiger partial charge in [0.1, 0.15) is 0 Å². The smallest absolute Gasteiger partial charge is 0.153 e. The van der Waals surface area contributed by atoms with E-state index in [-0.39, 0.29) is 17.4 Å². The van der Waals surface area contributed by atoms with Crippen molar-refractivity contribution in [1.29, 1.82) is 0 Å². The Morgan fingerprint density at radius 3 is 2.33 bits per heavy atom. The topological polar surface area (TPSA) is 54.4 Å². The Bertz CT molecular complexity index is 279. The number of rotatable bonds is 1. The Balaban J connectivity index is 2.13. The standard InChI is InChI=1S/C8H14O3S/c9-8(7-2-1-3-7)4-5-12(10,11)6-8/h7,9H,1-6H2. The summed E-state index contributed by atoms with van der Waals surface area (Å²) in [7, 11) is -2.93. The summed E-state index contributed by atoms with van der Waals surface area (Å²) in [6, 6.07) is 0. The highest BCUT2D eigenvalue weighted by Crippen LogP contribution is 2.41. The molecule has 0 bridgehead atoms. The number of aliphatic hydroxyl groups is 1. The Labute approximate surface area is 72.7 Å². The van der Waals surface area contributed by atoms with Gasteiger partial charge in [-0.05, 0) is 25.2 Å². The molecule has 0 spiro atoms. The minimum Gasteiger partial charge on any atom is -0.389 e. The normalized spacial score (nSPS) is 41.1. The second-order valence-corrected chi connectivity index (χ2v) is 6.26. The van der Waals surface area contributed by atoms with Crippen molar-refractivity contribution in [2.45, 2.75) is 31.3 Å². The van der Waals surface area contributed by atoms with Crippen molar-refractivity contribution in [3.05, 3.63) is 0 Å². The molecule has 1 unspecified atom stereocenters. The third-order valence-electron chi connectivity index (χ3n) is 3.18. The van der Waals surface area contributed by atoms with Crippen LogP contribution in [0.1, 0.15) is 25.7 Å². The zero-order chi connectivity index (χ0) is 8.82. The van der Waals surface area contributed by atoms with Crippen LogP contribution in [0.15, 0.2) is 0 Å². The Kier molecular flexibility index (Phi) is 1.74. The molecule has 70 valence electrons. The highest BCUT2D eigenvalue weighted by Gasteiger charge is 2.47. The number of sulfone groups is 1. The van der Waals surface area contributed by atoms with Gasteiger partial charge in [-0.2, -0.15) is 0 Å². The molecule has 1 saturated heterocycles. The van der Waals surface area contributed by atoms with E-state index in [2.05, 4.69) is 0 Å². The van der Waals surface area contributed by atoms with Gasteiger partial charge in [0, 0.05) is 0 Å². The summed E-state index contributed by atoms with van der Waals surface area (Å²) in [5.74, 6) is 0.444. The Hall–Kier alpha value is -0.0900. The van der Waals surface area contributed by atoms with Crippen molar-refractivity contribution in [2.75, 3.05) is 11.5 Å². The summed E-state index contributed by atoms with van der Waals surface area (Å²) >= 11 is 0. The van der Waals surface area contributed by atoms with Crippen LogP contribution in [0.3, 0.4) is 0 Å². The SMILES string of the molecule is O=S1(=O)CCC(O)(C2CCC2)C1. The second-order valence-electron chi connectivity index (χ2n) is 4.07. The van der Waals surface area contributed by atoms with E-state index in [1.807, 2.05) is 0 Å². The summed E-state index contributed by atoms with van der Waals surface area (Å²) in [4.78, 5) is 0. The van der Waals surface area contributed by atoms with E-state index in [1.54, 1.807) is 0 Å². The summed E-state index contributed by atoms with van der Waals surface area (Å²) in [6.07, 6.45) is 3.62. The van der Waals surface area contributed by atoms with Gasteiger partial charge in [0.2, 0.25) is 0 Å². The van der Waals surface area contributed by atoms with Gasteiger partial charge in [-0.1, -0.05) is 6.42 Å². The van der Waals surface area contributed by atoms with Crippen LogP contribution in [0, 0.1) is 5.92 Å². The van der Waals surface area contributed by atoms with Crippen LogP contribution >= 0.6 is 0 Å². The van der Waals surface area contributed by atoms with E-state index < -0.39 is 15.4 Å². The number of hydrogen-bond acceptors (Lipinski definition) is 3. The summed E-state index contributed by atoms with van der Waals surface area (Å²) < 4.78 is 22.3. The molecule has 1 heterocycles. The van der Waals surface area contributed by atoms with Crippen molar-refractivity contribution < 1.29 is 13.5 Å². The van der Waals surface area contributed by atoms with Crippen LogP contribution < -0.4 is 0 Å². The van der Waals surface area contributed by atoms with Crippen LogP contribution in [-0.2, 0) is 9.84 Å². The van der Waals surface area contributed by atoms with Gasteiger partial charge >= 0.3 is 0 Å². The van der Waals surface area contributed by atoms with Gasteiger partial charge in [-0.25, -0.2) is 8.42 Å². The highest BCUT2D eigenvalue weighted by atomic mass is 32.2. The van der Waals surface area contributed by atoms with Crippen molar-refractivity contribution >= 4 is 9.84 Å². The van der Waals surface area contributed by atoms with Crippen LogP contribution in [-0.4, -0.2) is 30.6 Å². The van der Waals surface area contributed by atoms with Crippen LogP contribution in [0.5, 0.6) is 0 Å². The van der Waals surface area contributed by atoms with Crippen LogP contribution in [0.4, 0.5) is 0 Å². The minimum absolute atomic E-state index is 0.00463. The van der Waals surface area contributed by atoms with Gasteiger partial charge in [0.15, 0.2) is 9.84 Å². The maximum absolute atomic E-state index is 11.1. The zero-order valence-electron chi connectivity index (χ0n) is 6.99. The lowest BCUT2D eigenvalue weighted by molar-refractivity contribution is -0.0278. The summed E-state index contributed by atoms with van der Waals surface area (Å²) in [5.41, 5.74) is -0.864. The molecule has 12 heavy (non-hydrogen) atoms. The molecule has 1 saturated carbocycles.